The lowest BCUT2D eigenvalue weighted by atomic mass is 10.1. The third-order valence-electron chi connectivity index (χ3n) is 3.40. The van der Waals surface area contributed by atoms with E-state index in [1.54, 1.807) is 0 Å². The first-order valence-corrected chi connectivity index (χ1v) is 10.9. The Morgan fingerprint density at radius 1 is 1.30 bits per heavy atom. The molecule has 1 aromatic carbocycles. The van der Waals surface area contributed by atoms with Gasteiger partial charge in [-0.25, -0.2) is 4.68 Å². The van der Waals surface area contributed by atoms with Gasteiger partial charge in [0, 0.05) is 25.8 Å². The number of rotatable bonds is 6. The van der Waals surface area contributed by atoms with Gasteiger partial charge >= 0.3 is 0 Å². The van der Waals surface area contributed by atoms with E-state index in [1.165, 1.54) is 11.4 Å². The SMILES string of the molecule is CCc1nn(COCC[Si](C)(C)C)c2cc(N)ccc12. The molecule has 20 heavy (non-hydrogen) atoms. The molecule has 2 rings (SSSR count). The molecule has 1 heterocycles. The second-order valence-corrected chi connectivity index (χ2v) is 12.0. The highest BCUT2D eigenvalue weighted by Gasteiger charge is 2.13. The summed E-state index contributed by atoms with van der Waals surface area (Å²) in [5, 5.41) is 5.81. The van der Waals surface area contributed by atoms with Gasteiger partial charge in [0.1, 0.15) is 6.73 Å². The topological polar surface area (TPSA) is 53.1 Å². The number of hydrogen-bond acceptors (Lipinski definition) is 3. The molecule has 2 aromatic rings. The van der Waals surface area contributed by atoms with E-state index < -0.39 is 8.07 Å². The predicted octanol–water partition coefficient (Wildman–Crippen LogP) is 3.49. The normalized spacial score (nSPS) is 12.2. The number of hydrogen-bond donors (Lipinski definition) is 1. The third-order valence-corrected chi connectivity index (χ3v) is 5.10. The number of anilines is 1. The minimum absolute atomic E-state index is 0.504. The summed E-state index contributed by atoms with van der Waals surface area (Å²) in [6, 6.07) is 7.13. The summed E-state index contributed by atoms with van der Waals surface area (Å²) in [6.45, 7) is 10.5. The van der Waals surface area contributed by atoms with Gasteiger partial charge in [-0.05, 0) is 30.7 Å². The van der Waals surface area contributed by atoms with Gasteiger partial charge in [-0.15, -0.1) is 0 Å². The molecule has 0 radical (unpaired) electrons. The third kappa shape index (κ3) is 3.61. The first kappa shape index (κ1) is 15.1. The molecule has 0 fully saturated rings. The standard InChI is InChI=1S/C15H25N3OSi/c1-5-14-13-7-6-12(16)10-15(13)18(17-14)11-19-8-9-20(2,3)4/h6-7,10H,5,8-9,11,16H2,1-4H3. The zero-order valence-electron chi connectivity index (χ0n) is 12.9. The molecule has 0 atom stereocenters. The van der Waals surface area contributed by atoms with Gasteiger partial charge in [0.05, 0.1) is 11.2 Å². The van der Waals surface area contributed by atoms with E-state index in [2.05, 4.69) is 37.7 Å². The monoisotopic (exact) mass is 291 g/mol. The number of fused-ring (bicyclic) bond motifs is 1. The van der Waals surface area contributed by atoms with E-state index in [0.717, 1.165) is 29.9 Å². The van der Waals surface area contributed by atoms with Crippen molar-refractivity contribution in [2.45, 2.75) is 45.8 Å². The quantitative estimate of drug-likeness (QED) is 0.503. The minimum atomic E-state index is -1.03. The van der Waals surface area contributed by atoms with Gasteiger partial charge in [-0.3, -0.25) is 0 Å². The van der Waals surface area contributed by atoms with Crippen molar-refractivity contribution in [2.24, 2.45) is 0 Å². The fourth-order valence-electron chi connectivity index (χ4n) is 2.15. The van der Waals surface area contributed by atoms with Crippen LogP contribution in [0.2, 0.25) is 25.7 Å². The summed E-state index contributed by atoms with van der Waals surface area (Å²) < 4.78 is 7.72. The lowest BCUT2D eigenvalue weighted by Crippen LogP contribution is -2.22. The molecule has 0 aliphatic rings. The Morgan fingerprint density at radius 3 is 2.70 bits per heavy atom. The maximum Gasteiger partial charge on any atom is 0.140 e. The van der Waals surface area contributed by atoms with Gasteiger partial charge < -0.3 is 10.5 Å². The maximum atomic E-state index is 5.88. The van der Waals surface area contributed by atoms with Crippen LogP contribution in [0.1, 0.15) is 12.6 Å². The van der Waals surface area contributed by atoms with Crippen LogP contribution in [0.15, 0.2) is 18.2 Å². The Labute approximate surface area is 121 Å². The van der Waals surface area contributed by atoms with E-state index in [0.29, 0.717) is 6.73 Å². The largest absolute Gasteiger partial charge is 0.399 e. The molecule has 110 valence electrons. The molecule has 0 aliphatic carbocycles. The highest BCUT2D eigenvalue weighted by molar-refractivity contribution is 6.76. The van der Waals surface area contributed by atoms with E-state index in [4.69, 9.17) is 10.5 Å². The molecule has 5 heteroatoms. The summed E-state index contributed by atoms with van der Waals surface area (Å²) in [7, 11) is -1.03. The molecule has 1 aromatic heterocycles. The summed E-state index contributed by atoms with van der Waals surface area (Å²) in [5.74, 6) is 0. The lowest BCUT2D eigenvalue weighted by Gasteiger charge is -2.15. The molecule has 0 saturated heterocycles. The van der Waals surface area contributed by atoms with Crippen molar-refractivity contribution >= 4 is 24.7 Å². The average molecular weight is 291 g/mol. The molecular weight excluding hydrogens is 266 g/mol. The van der Waals surface area contributed by atoms with Gasteiger partial charge in [-0.1, -0.05) is 26.6 Å². The summed E-state index contributed by atoms with van der Waals surface area (Å²) in [5.41, 5.74) is 8.82. The lowest BCUT2D eigenvalue weighted by molar-refractivity contribution is 0.0814. The van der Waals surface area contributed by atoms with Crippen LogP contribution in [0.5, 0.6) is 0 Å². The Kier molecular flexibility index (Phi) is 4.50. The van der Waals surface area contributed by atoms with E-state index in [9.17, 15) is 0 Å². The molecule has 4 nitrogen and oxygen atoms in total. The summed E-state index contributed by atoms with van der Waals surface area (Å²) in [6.07, 6.45) is 0.919. The average Bonchev–Trinajstić information content (AvgIpc) is 2.71. The van der Waals surface area contributed by atoms with Crippen LogP contribution in [0, 0.1) is 0 Å². The number of benzene rings is 1. The van der Waals surface area contributed by atoms with Crippen molar-refractivity contribution < 1.29 is 4.74 Å². The highest BCUT2D eigenvalue weighted by atomic mass is 28.3. The van der Waals surface area contributed by atoms with Crippen LogP contribution in [0.25, 0.3) is 10.9 Å². The zero-order valence-corrected chi connectivity index (χ0v) is 13.9. The Bertz CT molecular complexity index is 587. The van der Waals surface area contributed by atoms with Crippen molar-refractivity contribution in [3.8, 4) is 0 Å². The molecule has 0 amide bonds. The van der Waals surface area contributed by atoms with Crippen LogP contribution >= 0.6 is 0 Å². The van der Waals surface area contributed by atoms with Gasteiger partial charge in [-0.2, -0.15) is 5.10 Å². The second kappa shape index (κ2) is 5.97. The molecule has 0 spiro atoms. The van der Waals surface area contributed by atoms with Crippen molar-refractivity contribution in [1.82, 2.24) is 9.78 Å². The fourth-order valence-corrected chi connectivity index (χ4v) is 2.91. The van der Waals surface area contributed by atoms with Crippen LogP contribution in [-0.2, 0) is 17.9 Å². The van der Waals surface area contributed by atoms with Gasteiger partial charge in [0.25, 0.3) is 0 Å². The number of nitrogen functional groups attached to an aromatic ring is 1. The molecular formula is C15H25N3OSi. The highest BCUT2D eigenvalue weighted by Crippen LogP contribution is 2.22. The van der Waals surface area contributed by atoms with E-state index in [1.807, 2.05) is 16.8 Å². The number of aryl methyl sites for hydroxylation is 1. The van der Waals surface area contributed by atoms with Crippen LogP contribution in [0.3, 0.4) is 0 Å². The molecule has 0 unspecified atom stereocenters. The van der Waals surface area contributed by atoms with Crippen molar-refractivity contribution in [3.05, 3.63) is 23.9 Å². The smallest absolute Gasteiger partial charge is 0.140 e. The summed E-state index contributed by atoms with van der Waals surface area (Å²) in [4.78, 5) is 0. The first-order valence-electron chi connectivity index (χ1n) is 7.23. The van der Waals surface area contributed by atoms with Crippen molar-refractivity contribution in [2.75, 3.05) is 12.3 Å². The van der Waals surface area contributed by atoms with Crippen molar-refractivity contribution in [3.63, 3.8) is 0 Å². The molecule has 0 aliphatic heterocycles. The Morgan fingerprint density at radius 2 is 2.05 bits per heavy atom. The summed E-state index contributed by atoms with van der Waals surface area (Å²) >= 11 is 0. The minimum Gasteiger partial charge on any atom is -0.399 e. The number of aromatic nitrogens is 2. The first-order chi connectivity index (χ1) is 9.40. The van der Waals surface area contributed by atoms with Gasteiger partial charge in [0.2, 0.25) is 0 Å². The van der Waals surface area contributed by atoms with Crippen molar-refractivity contribution in [1.29, 1.82) is 0 Å². The number of nitrogens with zero attached hydrogens (tertiary/aromatic N) is 2. The molecule has 0 bridgehead atoms. The second-order valence-electron chi connectivity index (χ2n) is 6.42. The van der Waals surface area contributed by atoms with Crippen LogP contribution < -0.4 is 5.73 Å². The zero-order chi connectivity index (χ0) is 14.8. The maximum absolute atomic E-state index is 5.88. The van der Waals surface area contributed by atoms with E-state index in [-0.39, 0.29) is 0 Å². The van der Waals surface area contributed by atoms with Gasteiger partial charge in [0.15, 0.2) is 0 Å². The van der Waals surface area contributed by atoms with Crippen LogP contribution in [0.4, 0.5) is 5.69 Å². The number of ether oxygens (including phenoxy) is 1. The predicted molar refractivity (Wildman–Crippen MR) is 87.6 cm³/mol. The fraction of sp³-hybridized carbons (Fsp3) is 0.533. The van der Waals surface area contributed by atoms with E-state index >= 15 is 0 Å². The Balaban J connectivity index is 2.11. The Hall–Kier alpha value is -1.33. The molecule has 2 N–H and O–H groups in total. The van der Waals surface area contributed by atoms with Crippen LogP contribution in [-0.4, -0.2) is 24.5 Å². The number of nitrogens with two attached hydrogens (primary N) is 1. The molecule has 0 saturated carbocycles.